The predicted octanol–water partition coefficient (Wildman–Crippen LogP) is 2.86. The lowest BCUT2D eigenvalue weighted by Gasteiger charge is -2.43. The van der Waals surface area contributed by atoms with Crippen LogP contribution in [0.3, 0.4) is 0 Å². The van der Waals surface area contributed by atoms with Crippen LogP contribution in [0.5, 0.6) is 5.88 Å². The van der Waals surface area contributed by atoms with Gasteiger partial charge >= 0.3 is 0 Å². The van der Waals surface area contributed by atoms with Gasteiger partial charge in [0.15, 0.2) is 11.6 Å². The molecule has 8 nitrogen and oxygen atoms in total. The number of methoxy groups -OCH3 is 1. The molecule has 1 aromatic carbocycles. The van der Waals surface area contributed by atoms with Crippen LogP contribution >= 0.6 is 0 Å². The van der Waals surface area contributed by atoms with Crippen molar-refractivity contribution in [1.82, 2.24) is 14.3 Å². The summed E-state index contributed by atoms with van der Waals surface area (Å²) in [5, 5.41) is -1.31. The largest absolute Gasteiger partial charge is 0.479 e. The van der Waals surface area contributed by atoms with E-state index in [1.54, 1.807) is 0 Å². The summed E-state index contributed by atoms with van der Waals surface area (Å²) in [5.41, 5.74) is 3.61. The summed E-state index contributed by atoms with van der Waals surface area (Å²) in [6.45, 7) is 1.42. The second-order valence-electron chi connectivity index (χ2n) is 8.46. The van der Waals surface area contributed by atoms with Crippen LogP contribution in [0.1, 0.15) is 48.7 Å². The Morgan fingerprint density at radius 3 is 2.47 bits per heavy atom. The van der Waals surface area contributed by atoms with E-state index in [4.69, 9.17) is 10.5 Å². The second kappa shape index (κ2) is 8.36. The first-order valence-electron chi connectivity index (χ1n) is 10.5. The molecule has 1 aliphatic carbocycles. The molecule has 0 bridgehead atoms. The number of hydrogen-bond acceptors (Lipinski definition) is 7. The van der Waals surface area contributed by atoms with E-state index in [9.17, 15) is 21.6 Å². The molecule has 4 rings (SSSR count). The molecule has 1 unspecified atom stereocenters. The van der Waals surface area contributed by atoms with Crippen molar-refractivity contribution in [2.24, 2.45) is 10.7 Å². The van der Waals surface area contributed by atoms with Crippen LogP contribution in [-0.4, -0.2) is 48.1 Å². The van der Waals surface area contributed by atoms with Gasteiger partial charge in [-0.2, -0.15) is 9.37 Å². The van der Waals surface area contributed by atoms with E-state index < -0.39 is 61.5 Å². The van der Waals surface area contributed by atoms with Crippen molar-refractivity contribution in [3.63, 3.8) is 0 Å². The van der Waals surface area contributed by atoms with E-state index in [-0.39, 0.29) is 30.2 Å². The molecule has 2 N–H and O–H groups in total. The summed E-state index contributed by atoms with van der Waals surface area (Å²) in [6, 6.07) is 0.976. The quantitative estimate of drug-likeness (QED) is 0.512. The number of sulfonamides is 1. The van der Waals surface area contributed by atoms with Gasteiger partial charge in [0, 0.05) is 24.6 Å². The minimum atomic E-state index is -4.15. The Hall–Kier alpha value is -2.96. The predicted molar refractivity (Wildman–Crippen MR) is 115 cm³/mol. The topological polar surface area (TPSA) is 111 Å². The van der Waals surface area contributed by atoms with Crippen LogP contribution in [0.4, 0.5) is 17.6 Å². The van der Waals surface area contributed by atoms with Crippen molar-refractivity contribution in [3.05, 3.63) is 52.5 Å². The van der Waals surface area contributed by atoms with Gasteiger partial charge in [-0.25, -0.2) is 35.9 Å². The van der Waals surface area contributed by atoms with Crippen LogP contribution in [0.15, 0.2) is 17.1 Å². The molecule has 0 amide bonds. The molecule has 184 valence electrons. The molecule has 2 aromatic rings. The summed E-state index contributed by atoms with van der Waals surface area (Å²) < 4.78 is 90.0. The molecule has 0 saturated heterocycles. The van der Waals surface area contributed by atoms with Crippen molar-refractivity contribution in [2.75, 3.05) is 14.2 Å². The number of aromatic nitrogens is 2. The zero-order valence-corrected chi connectivity index (χ0v) is 19.5. The first kappa shape index (κ1) is 24.2. The normalized spacial score (nSPS) is 26.4. The van der Waals surface area contributed by atoms with Crippen LogP contribution in [0.25, 0.3) is 0 Å². The number of aryl methyl sites for hydroxylation is 1. The lowest BCUT2D eigenvalue weighted by Crippen LogP contribution is -2.57. The molecule has 1 fully saturated rings. The maximum absolute atomic E-state index is 15.1. The monoisotopic (exact) mass is 501 g/mol. The van der Waals surface area contributed by atoms with Crippen LogP contribution in [-0.2, 0) is 15.6 Å². The fraction of sp³-hybridized carbons (Fsp3) is 0.476. The molecule has 2 aliphatic rings. The first-order chi connectivity index (χ1) is 15.9. The minimum Gasteiger partial charge on any atom is -0.479 e. The SMILES string of the molecule is COc1nc(C2CCC[C@@H]3[C@](c4cc(F)c(F)cc4F)(C2)N=C(N)N(C)S3(=O)=O)nc(C)c1F. The van der Waals surface area contributed by atoms with Crippen LogP contribution < -0.4 is 10.5 Å². The standard InChI is InChI=1S/C21H23F4N5O3S/c1-10-17(25)19(33-3)28-18(27-10)11-5-4-6-16-21(9-11,29-20(26)30(2)34(16,31)32)12-7-14(23)15(24)8-13(12)22/h7-8,11,16H,4-6,9H2,1-3H3,(H2,26,29)/t11?,16-,21-/m1/s1. The average Bonchev–Trinajstić information content (AvgIpc) is 2.97. The first-order valence-corrected chi connectivity index (χ1v) is 12.0. The Morgan fingerprint density at radius 1 is 1.12 bits per heavy atom. The van der Waals surface area contributed by atoms with Crippen molar-refractivity contribution in [2.45, 2.75) is 49.3 Å². The van der Waals surface area contributed by atoms with E-state index in [0.29, 0.717) is 25.0 Å². The molecule has 1 aromatic heterocycles. The van der Waals surface area contributed by atoms with Crippen molar-refractivity contribution in [3.8, 4) is 5.88 Å². The number of halogens is 4. The maximum atomic E-state index is 15.1. The third kappa shape index (κ3) is 3.65. The third-order valence-electron chi connectivity index (χ3n) is 6.53. The van der Waals surface area contributed by atoms with Crippen molar-refractivity contribution >= 4 is 16.0 Å². The molecular formula is C21H23F4N5O3S. The number of benzene rings is 1. The minimum absolute atomic E-state index is 0.00900. The molecule has 3 atom stereocenters. The van der Waals surface area contributed by atoms with E-state index in [0.717, 1.165) is 4.31 Å². The van der Waals surface area contributed by atoms with Gasteiger partial charge in [-0.3, -0.25) is 0 Å². The highest BCUT2D eigenvalue weighted by Gasteiger charge is 2.56. The van der Waals surface area contributed by atoms with Gasteiger partial charge in [0.1, 0.15) is 22.4 Å². The van der Waals surface area contributed by atoms with Crippen LogP contribution in [0, 0.1) is 30.2 Å². The van der Waals surface area contributed by atoms with Gasteiger partial charge in [-0.15, -0.1) is 0 Å². The van der Waals surface area contributed by atoms with E-state index in [1.807, 2.05) is 0 Å². The summed E-state index contributed by atoms with van der Waals surface area (Å²) in [7, 11) is -1.68. The van der Waals surface area contributed by atoms with E-state index >= 15 is 4.39 Å². The van der Waals surface area contributed by atoms with E-state index in [1.165, 1.54) is 21.1 Å². The number of rotatable bonds is 3. The summed E-state index contributed by atoms with van der Waals surface area (Å²) in [4.78, 5) is 12.7. The zero-order valence-electron chi connectivity index (χ0n) is 18.6. The summed E-state index contributed by atoms with van der Waals surface area (Å²) >= 11 is 0. The lowest BCUT2D eigenvalue weighted by molar-refractivity contribution is 0.320. The van der Waals surface area contributed by atoms with E-state index in [2.05, 4.69) is 15.0 Å². The number of nitrogens with zero attached hydrogens (tertiary/aromatic N) is 4. The molecule has 13 heteroatoms. The Kier molecular flexibility index (Phi) is 5.95. The third-order valence-corrected chi connectivity index (χ3v) is 8.82. The molecule has 0 radical (unpaired) electrons. The fourth-order valence-electron chi connectivity index (χ4n) is 4.80. The van der Waals surface area contributed by atoms with Gasteiger partial charge in [0.05, 0.1) is 12.8 Å². The fourth-order valence-corrected chi connectivity index (χ4v) is 6.71. The van der Waals surface area contributed by atoms with Gasteiger partial charge in [-0.05, 0) is 32.3 Å². The number of fused-ring (bicyclic) bond motifs is 1. The Bertz CT molecular complexity index is 1290. The molecule has 34 heavy (non-hydrogen) atoms. The summed E-state index contributed by atoms with van der Waals surface area (Å²) in [5.74, 6) is -5.90. The maximum Gasteiger partial charge on any atom is 0.253 e. The Balaban J connectivity index is 1.98. The summed E-state index contributed by atoms with van der Waals surface area (Å²) in [6.07, 6.45) is 0.538. The molecule has 1 aliphatic heterocycles. The Morgan fingerprint density at radius 2 is 1.79 bits per heavy atom. The van der Waals surface area contributed by atoms with Gasteiger partial charge < -0.3 is 10.5 Å². The highest BCUT2D eigenvalue weighted by Crippen LogP contribution is 2.50. The number of ether oxygens (including phenoxy) is 1. The number of guanidine groups is 1. The zero-order chi connectivity index (χ0) is 25.0. The molecule has 2 heterocycles. The number of nitrogens with two attached hydrogens (primary N) is 1. The van der Waals surface area contributed by atoms with Crippen molar-refractivity contribution < 1.29 is 30.7 Å². The second-order valence-corrected chi connectivity index (χ2v) is 10.6. The van der Waals surface area contributed by atoms with Gasteiger partial charge in [-0.1, -0.05) is 6.42 Å². The van der Waals surface area contributed by atoms with Crippen LogP contribution in [0.2, 0.25) is 0 Å². The van der Waals surface area contributed by atoms with Crippen molar-refractivity contribution in [1.29, 1.82) is 0 Å². The van der Waals surface area contributed by atoms with Gasteiger partial charge in [0.25, 0.3) is 5.88 Å². The smallest absolute Gasteiger partial charge is 0.253 e. The highest BCUT2D eigenvalue weighted by molar-refractivity contribution is 7.90. The number of aliphatic imine (C=N–C) groups is 1. The Labute approximate surface area is 193 Å². The average molecular weight is 502 g/mol. The highest BCUT2D eigenvalue weighted by atomic mass is 32.2. The molecular weight excluding hydrogens is 478 g/mol. The molecule has 1 saturated carbocycles. The lowest BCUT2D eigenvalue weighted by atomic mass is 9.79. The molecule has 0 spiro atoms. The number of hydrogen-bond donors (Lipinski definition) is 1. The van der Waals surface area contributed by atoms with Gasteiger partial charge in [0.2, 0.25) is 21.8 Å².